The van der Waals surface area contributed by atoms with E-state index in [-0.39, 0.29) is 6.85 Å². The third-order valence-electron chi connectivity index (χ3n) is 10.3. The SMILES string of the molecule is c1ccc(N2c3cccc4c3B(c3oc5ccccc5c32)n2c3cccc(N(c5ccccc5)c5ccccc5)c3c3cccc-4c32)cc1. The number of furan rings is 1. The van der Waals surface area contributed by atoms with Gasteiger partial charge in [-0.2, -0.15) is 0 Å². The number of para-hydroxylation sites is 5. The van der Waals surface area contributed by atoms with Gasteiger partial charge < -0.3 is 18.7 Å². The summed E-state index contributed by atoms with van der Waals surface area (Å²) in [6.45, 7) is -0.152. The molecule has 49 heavy (non-hydrogen) atoms. The summed E-state index contributed by atoms with van der Waals surface area (Å²) in [7, 11) is 0. The Balaban J connectivity index is 1.28. The Hall–Kier alpha value is -6.46. The van der Waals surface area contributed by atoms with Gasteiger partial charge in [0.25, 0.3) is 0 Å². The standard InChI is InChI=1S/C44H28BN3O/c1-4-15-29(16-5-1)46(30-17-6-2-7-18-30)36-25-14-26-37-40(36)35-24-12-23-33-32-22-13-27-38-41(32)45(48(37)42(33)35)44-43(34-21-10-11-28-39(34)49-44)47(38)31-19-8-3-9-20-31/h1-28H. The Morgan fingerprint density at radius 1 is 0.531 bits per heavy atom. The average molecular weight is 626 g/mol. The van der Waals surface area contributed by atoms with Crippen LogP contribution in [0.2, 0.25) is 0 Å². The minimum absolute atomic E-state index is 0.152. The van der Waals surface area contributed by atoms with Gasteiger partial charge in [0.2, 0.25) is 0 Å². The molecule has 9 aromatic rings. The van der Waals surface area contributed by atoms with Crippen LogP contribution in [0.15, 0.2) is 174 Å². The molecule has 0 aliphatic carbocycles. The maximum absolute atomic E-state index is 7.00. The van der Waals surface area contributed by atoms with Crippen LogP contribution in [0.1, 0.15) is 0 Å². The molecule has 0 bridgehead atoms. The Labute approximate surface area is 283 Å². The molecule has 2 aromatic heterocycles. The zero-order chi connectivity index (χ0) is 32.1. The number of anilines is 6. The zero-order valence-electron chi connectivity index (χ0n) is 26.5. The summed E-state index contributed by atoms with van der Waals surface area (Å²) in [5, 5.41) is 3.58. The molecule has 2 aliphatic rings. The first-order valence-corrected chi connectivity index (χ1v) is 16.8. The van der Waals surface area contributed by atoms with E-state index < -0.39 is 0 Å². The van der Waals surface area contributed by atoms with Gasteiger partial charge in [-0.15, -0.1) is 0 Å². The van der Waals surface area contributed by atoms with Crippen LogP contribution in [0.4, 0.5) is 34.1 Å². The normalized spacial score (nSPS) is 12.8. The number of fused-ring (bicyclic) bond motifs is 9. The summed E-state index contributed by atoms with van der Waals surface area (Å²) in [5.41, 5.74) is 14.8. The molecular formula is C44H28BN3O. The molecule has 0 unspecified atom stereocenters. The van der Waals surface area contributed by atoms with Crippen LogP contribution in [0.5, 0.6) is 0 Å². The molecule has 0 saturated carbocycles. The fraction of sp³-hybridized carbons (Fsp3) is 0. The number of hydrogen-bond acceptors (Lipinski definition) is 3. The van der Waals surface area contributed by atoms with Crippen LogP contribution in [0, 0.1) is 0 Å². The second-order valence-corrected chi connectivity index (χ2v) is 12.9. The summed E-state index contributed by atoms with van der Waals surface area (Å²) >= 11 is 0. The van der Waals surface area contributed by atoms with Gasteiger partial charge in [0.1, 0.15) is 11.2 Å². The lowest BCUT2D eigenvalue weighted by Crippen LogP contribution is -2.56. The number of benzene rings is 7. The van der Waals surface area contributed by atoms with E-state index in [9.17, 15) is 0 Å². The molecule has 2 aliphatic heterocycles. The highest BCUT2D eigenvalue weighted by Crippen LogP contribution is 2.49. The van der Waals surface area contributed by atoms with Crippen molar-refractivity contribution in [2.75, 3.05) is 9.80 Å². The van der Waals surface area contributed by atoms with Crippen LogP contribution in [-0.4, -0.2) is 11.3 Å². The molecule has 228 valence electrons. The van der Waals surface area contributed by atoms with Crippen LogP contribution in [-0.2, 0) is 0 Å². The van der Waals surface area contributed by atoms with Crippen molar-refractivity contribution in [2.45, 2.75) is 0 Å². The molecule has 0 saturated heterocycles. The first kappa shape index (κ1) is 26.6. The van der Waals surface area contributed by atoms with E-state index in [1.165, 1.54) is 44.1 Å². The monoisotopic (exact) mass is 625 g/mol. The summed E-state index contributed by atoms with van der Waals surface area (Å²) in [6.07, 6.45) is 0. The Kier molecular flexibility index (Phi) is 5.44. The highest BCUT2D eigenvalue weighted by molar-refractivity contribution is 6.89. The zero-order valence-corrected chi connectivity index (χ0v) is 26.5. The molecular weight excluding hydrogens is 597 g/mol. The predicted octanol–water partition coefficient (Wildman–Crippen LogP) is 10.4. The van der Waals surface area contributed by atoms with Crippen molar-refractivity contribution < 1.29 is 4.42 Å². The van der Waals surface area contributed by atoms with Gasteiger partial charge >= 0.3 is 6.85 Å². The number of rotatable bonds is 4. The van der Waals surface area contributed by atoms with Gasteiger partial charge in [0.05, 0.1) is 11.4 Å². The lowest BCUT2D eigenvalue weighted by atomic mass is 9.47. The third kappa shape index (κ3) is 3.59. The molecule has 11 rings (SSSR count). The Morgan fingerprint density at radius 3 is 1.94 bits per heavy atom. The molecule has 4 nitrogen and oxygen atoms in total. The van der Waals surface area contributed by atoms with E-state index in [4.69, 9.17) is 4.42 Å². The fourth-order valence-electron chi connectivity index (χ4n) is 8.46. The van der Waals surface area contributed by atoms with Gasteiger partial charge in [-0.05, 0) is 77.8 Å². The molecule has 0 amide bonds. The van der Waals surface area contributed by atoms with Crippen molar-refractivity contribution in [3.63, 3.8) is 0 Å². The van der Waals surface area contributed by atoms with Gasteiger partial charge in [-0.1, -0.05) is 103 Å². The topological polar surface area (TPSA) is 24.6 Å². The highest BCUT2D eigenvalue weighted by atomic mass is 16.3. The van der Waals surface area contributed by atoms with Crippen LogP contribution >= 0.6 is 0 Å². The minimum atomic E-state index is -0.152. The maximum atomic E-state index is 7.00. The number of aromatic nitrogens is 1. The van der Waals surface area contributed by atoms with Crippen LogP contribution < -0.4 is 20.9 Å². The van der Waals surface area contributed by atoms with E-state index in [0.717, 1.165) is 45.1 Å². The van der Waals surface area contributed by atoms with Crippen LogP contribution in [0.3, 0.4) is 0 Å². The highest BCUT2D eigenvalue weighted by Gasteiger charge is 2.46. The molecule has 0 fully saturated rings. The quantitative estimate of drug-likeness (QED) is 0.182. The largest absolute Gasteiger partial charge is 0.466 e. The van der Waals surface area contributed by atoms with Crippen molar-refractivity contribution in [3.05, 3.63) is 170 Å². The number of nitrogens with zero attached hydrogens (tertiary/aromatic N) is 3. The van der Waals surface area contributed by atoms with E-state index in [1.807, 2.05) is 0 Å². The van der Waals surface area contributed by atoms with Crippen molar-refractivity contribution in [2.24, 2.45) is 0 Å². The minimum Gasteiger partial charge on any atom is -0.466 e. The van der Waals surface area contributed by atoms with Crippen molar-refractivity contribution >= 4 is 84.9 Å². The summed E-state index contributed by atoms with van der Waals surface area (Å²) in [5.74, 6) is 0. The maximum Gasteiger partial charge on any atom is 0.375 e. The first-order chi connectivity index (χ1) is 24.4. The fourth-order valence-corrected chi connectivity index (χ4v) is 8.46. The lowest BCUT2D eigenvalue weighted by molar-refractivity contribution is 0.649. The van der Waals surface area contributed by atoms with E-state index in [1.54, 1.807) is 0 Å². The molecule has 4 heterocycles. The molecule has 0 N–H and O–H groups in total. The van der Waals surface area contributed by atoms with E-state index >= 15 is 0 Å². The van der Waals surface area contributed by atoms with Crippen molar-refractivity contribution in [1.29, 1.82) is 0 Å². The van der Waals surface area contributed by atoms with Crippen LogP contribution in [0.25, 0.3) is 43.9 Å². The van der Waals surface area contributed by atoms with Crippen molar-refractivity contribution in [1.82, 2.24) is 4.48 Å². The van der Waals surface area contributed by atoms with Gasteiger partial charge in [-0.3, -0.25) is 0 Å². The average Bonchev–Trinajstić information content (AvgIpc) is 3.72. The molecule has 7 aromatic carbocycles. The molecule has 0 spiro atoms. The Morgan fingerprint density at radius 2 is 1.16 bits per heavy atom. The predicted molar refractivity (Wildman–Crippen MR) is 204 cm³/mol. The van der Waals surface area contributed by atoms with Gasteiger partial charge in [0.15, 0.2) is 0 Å². The lowest BCUT2D eigenvalue weighted by Gasteiger charge is -2.38. The Bertz CT molecular complexity index is 2690. The third-order valence-corrected chi connectivity index (χ3v) is 10.3. The molecule has 5 heteroatoms. The van der Waals surface area contributed by atoms with Crippen molar-refractivity contribution in [3.8, 4) is 11.1 Å². The summed E-state index contributed by atoms with van der Waals surface area (Å²) < 4.78 is 9.56. The smallest absolute Gasteiger partial charge is 0.375 e. The first-order valence-electron chi connectivity index (χ1n) is 16.8. The number of hydrogen-bond donors (Lipinski definition) is 0. The second kappa shape index (κ2) is 10.0. The molecule has 0 radical (unpaired) electrons. The van der Waals surface area contributed by atoms with Gasteiger partial charge in [0, 0.05) is 55.5 Å². The summed E-state index contributed by atoms with van der Waals surface area (Å²) in [6, 6.07) is 60.9. The van der Waals surface area contributed by atoms with Gasteiger partial charge in [-0.25, -0.2) is 0 Å². The summed E-state index contributed by atoms with van der Waals surface area (Å²) in [4.78, 5) is 4.80. The molecule has 0 atom stereocenters. The second-order valence-electron chi connectivity index (χ2n) is 12.9. The van der Waals surface area contributed by atoms with E-state index in [0.29, 0.717) is 0 Å². The van der Waals surface area contributed by atoms with E-state index in [2.05, 4.69) is 184 Å².